The summed E-state index contributed by atoms with van der Waals surface area (Å²) >= 11 is 0. The Balaban J connectivity index is 3.88. The molecular formula is C14H26O3. The number of unbranched alkanes of at least 4 members (excludes halogenated alkanes) is 5. The number of aliphatic carboxylic acids is 1. The number of hydrogen-bond acceptors (Lipinski definition) is 2. The fraction of sp³-hybridized carbons (Fsp3) is 0.786. The Morgan fingerprint density at radius 1 is 1.24 bits per heavy atom. The van der Waals surface area contributed by atoms with Crippen molar-refractivity contribution in [1.29, 1.82) is 0 Å². The van der Waals surface area contributed by atoms with Crippen molar-refractivity contribution in [3.05, 3.63) is 11.6 Å². The minimum absolute atomic E-state index is 0.730. The highest BCUT2D eigenvalue weighted by atomic mass is 16.4. The van der Waals surface area contributed by atoms with Gasteiger partial charge in [-0.25, -0.2) is 0 Å². The molecule has 0 saturated carbocycles. The number of rotatable bonds is 9. The van der Waals surface area contributed by atoms with Crippen LogP contribution in [-0.2, 0) is 4.79 Å². The lowest BCUT2D eigenvalue weighted by molar-refractivity contribution is -0.143. The minimum atomic E-state index is -0.951. The number of carboxylic acid groups (broad SMARTS) is 1. The van der Waals surface area contributed by atoms with E-state index in [2.05, 4.69) is 6.92 Å². The van der Waals surface area contributed by atoms with Gasteiger partial charge in [0.05, 0.1) is 12.0 Å². The van der Waals surface area contributed by atoms with Crippen LogP contribution in [0.1, 0.15) is 59.3 Å². The van der Waals surface area contributed by atoms with Gasteiger partial charge in [0.25, 0.3) is 0 Å². The molecule has 0 heterocycles. The maximum absolute atomic E-state index is 10.7. The molecule has 0 fully saturated rings. The summed E-state index contributed by atoms with van der Waals surface area (Å²) < 4.78 is 0. The molecule has 2 atom stereocenters. The summed E-state index contributed by atoms with van der Waals surface area (Å²) in [5, 5.41) is 18.5. The highest BCUT2D eigenvalue weighted by molar-refractivity contribution is 5.70. The fourth-order valence-electron chi connectivity index (χ4n) is 1.73. The number of carboxylic acids is 1. The zero-order valence-corrected chi connectivity index (χ0v) is 11.3. The highest BCUT2D eigenvalue weighted by Crippen LogP contribution is 2.14. The van der Waals surface area contributed by atoms with E-state index in [1.54, 1.807) is 6.92 Å². The molecule has 0 aromatic rings. The van der Waals surface area contributed by atoms with E-state index < -0.39 is 18.0 Å². The highest BCUT2D eigenvalue weighted by Gasteiger charge is 2.22. The first-order valence-electron chi connectivity index (χ1n) is 6.58. The van der Waals surface area contributed by atoms with Gasteiger partial charge in [-0.15, -0.1) is 0 Å². The van der Waals surface area contributed by atoms with E-state index in [0.29, 0.717) is 0 Å². The van der Waals surface area contributed by atoms with Crippen molar-refractivity contribution in [1.82, 2.24) is 0 Å². The smallest absolute Gasteiger partial charge is 0.309 e. The van der Waals surface area contributed by atoms with E-state index in [1.807, 2.05) is 6.08 Å². The molecule has 0 bridgehead atoms. The van der Waals surface area contributed by atoms with E-state index in [4.69, 9.17) is 5.11 Å². The van der Waals surface area contributed by atoms with Gasteiger partial charge in [-0.1, -0.05) is 38.7 Å². The summed E-state index contributed by atoms with van der Waals surface area (Å²) in [5.74, 6) is -1.68. The van der Waals surface area contributed by atoms with Gasteiger partial charge < -0.3 is 10.2 Å². The summed E-state index contributed by atoms with van der Waals surface area (Å²) in [6.07, 6.45) is 8.15. The molecule has 0 unspecified atom stereocenters. The first-order chi connectivity index (χ1) is 8.00. The average molecular weight is 242 g/mol. The Hall–Kier alpha value is -0.830. The van der Waals surface area contributed by atoms with Gasteiger partial charge in [-0.2, -0.15) is 0 Å². The van der Waals surface area contributed by atoms with Crippen LogP contribution >= 0.6 is 0 Å². The third kappa shape index (κ3) is 7.16. The lowest BCUT2D eigenvalue weighted by Gasteiger charge is -2.15. The average Bonchev–Trinajstić information content (AvgIpc) is 2.31. The molecule has 2 N–H and O–H groups in total. The Morgan fingerprint density at radius 3 is 2.35 bits per heavy atom. The van der Waals surface area contributed by atoms with Crippen LogP contribution in [0.15, 0.2) is 11.6 Å². The Bertz CT molecular complexity index is 246. The molecule has 0 rings (SSSR count). The molecule has 0 aromatic carbocycles. The second-order valence-electron chi connectivity index (χ2n) is 4.72. The Labute approximate surface area is 105 Å². The van der Waals surface area contributed by atoms with Crippen LogP contribution < -0.4 is 0 Å². The molecule has 0 aliphatic rings. The first kappa shape index (κ1) is 16.2. The molecule has 3 heteroatoms. The van der Waals surface area contributed by atoms with E-state index in [1.165, 1.54) is 32.6 Å². The number of hydrogen-bond donors (Lipinski definition) is 2. The van der Waals surface area contributed by atoms with Crippen LogP contribution in [-0.4, -0.2) is 22.3 Å². The van der Waals surface area contributed by atoms with Crippen LogP contribution in [0.3, 0.4) is 0 Å². The zero-order chi connectivity index (χ0) is 13.3. The second kappa shape index (κ2) is 9.23. The molecule has 0 aliphatic carbocycles. The lowest BCUT2D eigenvalue weighted by Crippen LogP contribution is -2.26. The first-order valence-corrected chi connectivity index (χ1v) is 6.58. The van der Waals surface area contributed by atoms with Crippen LogP contribution in [0.25, 0.3) is 0 Å². The van der Waals surface area contributed by atoms with Gasteiger partial charge in [0.2, 0.25) is 0 Å². The number of carbonyl (C=O) groups is 1. The van der Waals surface area contributed by atoms with Crippen molar-refractivity contribution in [3.63, 3.8) is 0 Å². The summed E-state index contributed by atoms with van der Waals surface area (Å²) in [7, 11) is 0. The summed E-state index contributed by atoms with van der Waals surface area (Å²) in [4.78, 5) is 10.7. The van der Waals surface area contributed by atoms with Crippen LogP contribution in [0.4, 0.5) is 0 Å². The number of allylic oxidation sites excluding steroid dienone is 1. The van der Waals surface area contributed by atoms with Crippen molar-refractivity contribution < 1.29 is 15.0 Å². The molecule has 17 heavy (non-hydrogen) atoms. The zero-order valence-electron chi connectivity index (χ0n) is 11.3. The summed E-state index contributed by atoms with van der Waals surface area (Å²) in [6.45, 7) is 5.52. The maximum Gasteiger partial charge on any atom is 0.309 e. The third-order valence-electron chi connectivity index (χ3n) is 3.10. The van der Waals surface area contributed by atoms with Crippen molar-refractivity contribution >= 4 is 5.97 Å². The number of aliphatic hydroxyl groups excluding tert-OH is 1. The van der Waals surface area contributed by atoms with Crippen LogP contribution in [0, 0.1) is 5.92 Å². The second-order valence-corrected chi connectivity index (χ2v) is 4.72. The van der Waals surface area contributed by atoms with Crippen molar-refractivity contribution in [2.75, 3.05) is 0 Å². The normalized spacial score (nSPS) is 15.6. The van der Waals surface area contributed by atoms with Gasteiger partial charge >= 0.3 is 5.97 Å². The van der Waals surface area contributed by atoms with Gasteiger partial charge in [0, 0.05) is 0 Å². The van der Waals surface area contributed by atoms with Crippen molar-refractivity contribution in [2.45, 2.75) is 65.4 Å². The Morgan fingerprint density at radius 2 is 1.82 bits per heavy atom. The van der Waals surface area contributed by atoms with E-state index in [0.717, 1.165) is 18.4 Å². The van der Waals surface area contributed by atoms with Gasteiger partial charge in [0.1, 0.15) is 0 Å². The van der Waals surface area contributed by atoms with Crippen molar-refractivity contribution in [2.24, 2.45) is 5.92 Å². The predicted octanol–water partition coefficient (Wildman–Crippen LogP) is 3.37. The molecule has 3 nitrogen and oxygen atoms in total. The van der Waals surface area contributed by atoms with Gasteiger partial charge in [-0.3, -0.25) is 4.79 Å². The SMILES string of the molecule is CCCCCCC/C=C(\C)[C@@H](O)[C@@H](C)C(=O)O. The molecule has 0 radical (unpaired) electrons. The van der Waals surface area contributed by atoms with Crippen LogP contribution in [0.5, 0.6) is 0 Å². The minimum Gasteiger partial charge on any atom is -0.481 e. The van der Waals surface area contributed by atoms with E-state index in [9.17, 15) is 9.90 Å². The van der Waals surface area contributed by atoms with Crippen molar-refractivity contribution in [3.8, 4) is 0 Å². The van der Waals surface area contributed by atoms with E-state index >= 15 is 0 Å². The third-order valence-corrected chi connectivity index (χ3v) is 3.10. The largest absolute Gasteiger partial charge is 0.481 e. The molecule has 0 amide bonds. The predicted molar refractivity (Wildman–Crippen MR) is 69.9 cm³/mol. The molecule has 0 saturated heterocycles. The Kier molecular flexibility index (Phi) is 8.78. The standard InChI is InChI=1S/C14H26O3/c1-4-5-6-7-8-9-10-11(2)13(15)12(3)14(16)17/h10,12-13,15H,4-9H2,1-3H3,(H,16,17)/b11-10+/t12-,13-/m1/s1. The van der Waals surface area contributed by atoms with E-state index in [-0.39, 0.29) is 0 Å². The lowest BCUT2D eigenvalue weighted by atomic mass is 9.97. The summed E-state index contributed by atoms with van der Waals surface area (Å²) in [5.41, 5.74) is 0.774. The fourth-order valence-corrected chi connectivity index (χ4v) is 1.73. The van der Waals surface area contributed by atoms with Crippen LogP contribution in [0.2, 0.25) is 0 Å². The molecule has 0 aliphatic heterocycles. The molecule has 0 spiro atoms. The van der Waals surface area contributed by atoms with Gasteiger partial charge in [0.15, 0.2) is 0 Å². The molecule has 100 valence electrons. The van der Waals surface area contributed by atoms with Gasteiger partial charge in [-0.05, 0) is 32.3 Å². The quantitative estimate of drug-likeness (QED) is 0.481. The maximum atomic E-state index is 10.7. The molecule has 0 aromatic heterocycles. The summed E-state index contributed by atoms with van der Waals surface area (Å²) in [6, 6.07) is 0. The topological polar surface area (TPSA) is 57.5 Å². The number of aliphatic hydroxyl groups is 1. The monoisotopic (exact) mass is 242 g/mol. The molecular weight excluding hydrogens is 216 g/mol.